The van der Waals surface area contributed by atoms with E-state index in [1.807, 2.05) is 30.4 Å². The second-order valence-corrected chi connectivity index (χ2v) is 2.87. The van der Waals surface area contributed by atoms with Crippen molar-refractivity contribution in [1.29, 1.82) is 0 Å². The first-order chi connectivity index (χ1) is 5.75. The second kappa shape index (κ2) is 2.48. The Kier molecular flexibility index (Phi) is 1.47. The monoisotopic (exact) mass is 160 g/mol. The van der Waals surface area contributed by atoms with E-state index in [1.165, 1.54) is 5.56 Å². The van der Waals surface area contributed by atoms with E-state index in [0.29, 0.717) is 0 Å². The zero-order valence-corrected chi connectivity index (χ0v) is 6.45. The molecular formula is C10H8O2. The molecule has 0 aromatic heterocycles. The summed E-state index contributed by atoms with van der Waals surface area (Å²) in [5.41, 5.74) is 3.21. The smallest absolute Gasteiger partial charge is 0.307 e. The Morgan fingerprint density at radius 2 is 2.00 bits per heavy atom. The van der Waals surface area contributed by atoms with Crippen LogP contribution in [0.3, 0.4) is 0 Å². The lowest BCUT2D eigenvalue weighted by molar-refractivity contribution is -0.136. The van der Waals surface area contributed by atoms with Crippen molar-refractivity contribution in [3.05, 3.63) is 34.9 Å². The molecule has 0 aliphatic heterocycles. The van der Waals surface area contributed by atoms with E-state index in [2.05, 4.69) is 0 Å². The number of aliphatic carboxylic acids is 1. The van der Waals surface area contributed by atoms with Crippen LogP contribution in [0, 0.1) is 0 Å². The zero-order chi connectivity index (χ0) is 8.55. The Hall–Kier alpha value is -1.57. The SMILES string of the molecule is O=C(O)Cc1ccc2c(c1)C=C2. The van der Waals surface area contributed by atoms with Crippen molar-refractivity contribution in [2.45, 2.75) is 6.42 Å². The normalized spacial score (nSPS) is 12.0. The predicted octanol–water partition coefficient (Wildman–Crippen LogP) is 1.80. The average molecular weight is 160 g/mol. The fraction of sp³-hybridized carbons (Fsp3) is 0.100. The van der Waals surface area contributed by atoms with Gasteiger partial charge in [-0.05, 0) is 16.7 Å². The number of carbonyl (C=O) groups is 1. The summed E-state index contributed by atoms with van der Waals surface area (Å²) in [6.07, 6.45) is 4.11. The highest BCUT2D eigenvalue weighted by Gasteiger charge is 2.07. The molecule has 1 N–H and O–H groups in total. The molecule has 0 bridgehead atoms. The fourth-order valence-corrected chi connectivity index (χ4v) is 1.29. The lowest BCUT2D eigenvalue weighted by atomic mass is 9.95. The predicted molar refractivity (Wildman–Crippen MR) is 46.7 cm³/mol. The summed E-state index contributed by atoms with van der Waals surface area (Å²) in [5, 5.41) is 8.53. The Labute approximate surface area is 70.2 Å². The van der Waals surface area contributed by atoms with Crippen molar-refractivity contribution in [1.82, 2.24) is 0 Å². The van der Waals surface area contributed by atoms with Crippen molar-refractivity contribution in [2.75, 3.05) is 0 Å². The van der Waals surface area contributed by atoms with Gasteiger partial charge < -0.3 is 5.11 Å². The molecule has 1 aliphatic carbocycles. The van der Waals surface area contributed by atoms with Gasteiger partial charge in [-0.1, -0.05) is 30.4 Å². The Balaban J connectivity index is 2.26. The highest BCUT2D eigenvalue weighted by atomic mass is 16.4. The van der Waals surface area contributed by atoms with Crippen molar-refractivity contribution in [3.63, 3.8) is 0 Å². The lowest BCUT2D eigenvalue weighted by Gasteiger charge is -2.10. The molecule has 0 fully saturated rings. The molecule has 0 atom stereocenters. The van der Waals surface area contributed by atoms with E-state index >= 15 is 0 Å². The number of hydrogen-bond acceptors (Lipinski definition) is 1. The standard InChI is InChI=1S/C10H8O2/c11-10(12)6-7-1-2-8-3-4-9(8)5-7/h1-5H,6H2,(H,11,12). The van der Waals surface area contributed by atoms with Gasteiger partial charge in [0.25, 0.3) is 0 Å². The third-order valence-electron chi connectivity index (χ3n) is 1.95. The first kappa shape index (κ1) is 7.10. The first-order valence-electron chi connectivity index (χ1n) is 3.78. The highest BCUT2D eigenvalue weighted by Crippen LogP contribution is 2.24. The Bertz CT molecular complexity index is 364. The molecule has 0 spiro atoms. The van der Waals surface area contributed by atoms with Gasteiger partial charge in [-0.2, -0.15) is 0 Å². The molecule has 0 saturated carbocycles. The summed E-state index contributed by atoms with van der Waals surface area (Å²) < 4.78 is 0. The molecule has 0 heterocycles. The van der Waals surface area contributed by atoms with E-state index in [1.54, 1.807) is 0 Å². The van der Waals surface area contributed by atoms with Crippen LogP contribution in [0.15, 0.2) is 18.2 Å². The summed E-state index contributed by atoms with van der Waals surface area (Å²) in [6, 6.07) is 5.73. The maximum absolute atomic E-state index is 10.4. The number of rotatable bonds is 2. The van der Waals surface area contributed by atoms with Gasteiger partial charge in [-0.25, -0.2) is 0 Å². The molecule has 0 radical (unpaired) electrons. The quantitative estimate of drug-likeness (QED) is 0.727. The molecule has 0 unspecified atom stereocenters. The van der Waals surface area contributed by atoms with Crippen molar-refractivity contribution in [3.8, 4) is 0 Å². The van der Waals surface area contributed by atoms with Crippen LogP contribution in [0.4, 0.5) is 0 Å². The van der Waals surface area contributed by atoms with Crippen LogP contribution in [0.25, 0.3) is 12.2 Å². The van der Waals surface area contributed by atoms with Crippen LogP contribution < -0.4 is 0 Å². The third kappa shape index (κ3) is 1.11. The minimum atomic E-state index is -0.779. The summed E-state index contributed by atoms with van der Waals surface area (Å²) in [5.74, 6) is -0.779. The van der Waals surface area contributed by atoms with Crippen LogP contribution in [0.1, 0.15) is 16.7 Å². The van der Waals surface area contributed by atoms with E-state index in [4.69, 9.17) is 5.11 Å². The lowest BCUT2D eigenvalue weighted by Crippen LogP contribution is -2.01. The summed E-state index contributed by atoms with van der Waals surface area (Å²) in [7, 11) is 0. The molecule has 2 heteroatoms. The zero-order valence-electron chi connectivity index (χ0n) is 6.45. The number of benzene rings is 1. The molecule has 60 valence electrons. The minimum absolute atomic E-state index is 0.112. The van der Waals surface area contributed by atoms with E-state index in [0.717, 1.165) is 11.1 Å². The van der Waals surface area contributed by atoms with Gasteiger partial charge in [0.1, 0.15) is 0 Å². The molecule has 0 amide bonds. The topological polar surface area (TPSA) is 37.3 Å². The molecule has 12 heavy (non-hydrogen) atoms. The average Bonchev–Trinajstić information content (AvgIpc) is 1.94. The van der Waals surface area contributed by atoms with Crippen LogP contribution >= 0.6 is 0 Å². The first-order valence-corrected chi connectivity index (χ1v) is 3.78. The van der Waals surface area contributed by atoms with Gasteiger partial charge in [0.15, 0.2) is 0 Å². The van der Waals surface area contributed by atoms with Crippen LogP contribution in [-0.4, -0.2) is 11.1 Å². The third-order valence-corrected chi connectivity index (χ3v) is 1.95. The number of hydrogen-bond donors (Lipinski definition) is 1. The number of carboxylic acids is 1. The van der Waals surface area contributed by atoms with Gasteiger partial charge in [-0.15, -0.1) is 0 Å². The van der Waals surface area contributed by atoms with Crippen LogP contribution in [-0.2, 0) is 11.2 Å². The molecule has 2 nitrogen and oxygen atoms in total. The van der Waals surface area contributed by atoms with Gasteiger partial charge in [0, 0.05) is 0 Å². The fourth-order valence-electron chi connectivity index (χ4n) is 1.29. The number of carboxylic acid groups (broad SMARTS) is 1. The molecule has 1 aromatic rings. The minimum Gasteiger partial charge on any atom is -0.481 e. The van der Waals surface area contributed by atoms with Crippen molar-refractivity contribution >= 4 is 18.1 Å². The van der Waals surface area contributed by atoms with Crippen molar-refractivity contribution < 1.29 is 9.90 Å². The van der Waals surface area contributed by atoms with Crippen LogP contribution in [0.2, 0.25) is 0 Å². The van der Waals surface area contributed by atoms with E-state index in [9.17, 15) is 4.79 Å². The highest BCUT2D eigenvalue weighted by molar-refractivity contribution is 5.86. The Morgan fingerprint density at radius 1 is 1.25 bits per heavy atom. The molecule has 0 saturated heterocycles. The van der Waals surface area contributed by atoms with E-state index in [-0.39, 0.29) is 6.42 Å². The molecule has 2 rings (SSSR count). The van der Waals surface area contributed by atoms with Gasteiger partial charge in [-0.3, -0.25) is 4.79 Å². The van der Waals surface area contributed by atoms with Gasteiger partial charge in [0.05, 0.1) is 6.42 Å². The summed E-state index contributed by atoms with van der Waals surface area (Å²) >= 11 is 0. The maximum Gasteiger partial charge on any atom is 0.307 e. The second-order valence-electron chi connectivity index (χ2n) is 2.87. The maximum atomic E-state index is 10.4. The van der Waals surface area contributed by atoms with Crippen LogP contribution in [0.5, 0.6) is 0 Å². The number of fused-ring (bicyclic) bond motifs is 1. The summed E-state index contributed by atoms with van der Waals surface area (Å²) in [4.78, 5) is 10.4. The molecule has 1 aliphatic rings. The van der Waals surface area contributed by atoms with Gasteiger partial charge in [0.2, 0.25) is 0 Å². The van der Waals surface area contributed by atoms with Gasteiger partial charge >= 0.3 is 5.97 Å². The van der Waals surface area contributed by atoms with E-state index < -0.39 is 5.97 Å². The Morgan fingerprint density at radius 3 is 2.50 bits per heavy atom. The van der Waals surface area contributed by atoms with Crippen molar-refractivity contribution in [2.24, 2.45) is 0 Å². The molecule has 1 aromatic carbocycles. The molecular weight excluding hydrogens is 152 g/mol. The largest absolute Gasteiger partial charge is 0.481 e. The summed E-state index contributed by atoms with van der Waals surface area (Å²) in [6.45, 7) is 0.